The average Bonchev–Trinajstić information content (AvgIpc) is 3.36. The number of amides is 1. The average molecular weight is 491 g/mol. The van der Waals surface area contributed by atoms with Gasteiger partial charge in [-0.15, -0.1) is 0 Å². The lowest BCUT2D eigenvalue weighted by Gasteiger charge is -2.44. The van der Waals surface area contributed by atoms with E-state index in [-0.39, 0.29) is 17.4 Å². The van der Waals surface area contributed by atoms with Crippen LogP contribution in [0.3, 0.4) is 0 Å². The van der Waals surface area contributed by atoms with E-state index in [9.17, 15) is 18.7 Å². The maximum Gasteiger partial charge on any atom is 0.408 e. The zero-order chi connectivity index (χ0) is 25.4. The van der Waals surface area contributed by atoms with Crippen LogP contribution in [0.4, 0.5) is 13.6 Å². The van der Waals surface area contributed by atoms with Crippen LogP contribution < -0.4 is 0 Å². The summed E-state index contributed by atoms with van der Waals surface area (Å²) in [4.78, 5) is 27.3. The fourth-order valence-electron chi connectivity index (χ4n) is 4.96. The quantitative estimate of drug-likeness (QED) is 0.387. The zero-order valence-electron chi connectivity index (χ0n) is 19.6. The molecule has 0 bridgehead atoms. The van der Waals surface area contributed by atoms with Crippen LogP contribution in [0.2, 0.25) is 0 Å². The van der Waals surface area contributed by atoms with Gasteiger partial charge in [0.2, 0.25) is 0 Å². The van der Waals surface area contributed by atoms with Crippen LogP contribution in [-0.4, -0.2) is 36.2 Å². The van der Waals surface area contributed by atoms with Gasteiger partial charge in [-0.05, 0) is 68.1 Å². The van der Waals surface area contributed by atoms with Crippen molar-refractivity contribution in [2.75, 3.05) is 0 Å². The van der Waals surface area contributed by atoms with Crippen molar-refractivity contribution in [1.29, 1.82) is 0 Å². The first kappa shape index (κ1) is 23.5. The second-order valence-corrected chi connectivity index (χ2v) is 8.83. The maximum absolute atomic E-state index is 13.8. The molecule has 2 unspecified atom stereocenters. The molecule has 0 saturated carbocycles. The van der Waals surface area contributed by atoms with Crippen molar-refractivity contribution in [2.45, 2.75) is 44.7 Å². The normalized spacial score (nSPS) is 19.9. The van der Waals surface area contributed by atoms with Gasteiger partial charge in [0.15, 0.2) is 17.5 Å². The molecule has 3 aromatic heterocycles. The first-order valence-electron chi connectivity index (χ1n) is 11.5. The molecule has 2 atom stereocenters. The number of aromatic nitrogens is 4. The number of pyridine rings is 2. The Kier molecular flexibility index (Phi) is 6.17. The molecule has 4 aromatic rings. The topological polar surface area (TPSA) is 105 Å². The summed E-state index contributed by atoms with van der Waals surface area (Å²) in [6, 6.07) is 9.65. The maximum atomic E-state index is 13.8. The van der Waals surface area contributed by atoms with Crippen LogP contribution in [0.1, 0.15) is 59.2 Å². The van der Waals surface area contributed by atoms with Gasteiger partial charge >= 0.3 is 6.09 Å². The van der Waals surface area contributed by atoms with Gasteiger partial charge in [-0.1, -0.05) is 17.3 Å². The Morgan fingerprint density at radius 1 is 0.972 bits per heavy atom. The fraction of sp³-hybridized carbons (Fsp3) is 0.269. The highest BCUT2D eigenvalue weighted by Crippen LogP contribution is 2.48. The van der Waals surface area contributed by atoms with Gasteiger partial charge in [-0.2, -0.15) is 4.98 Å². The third kappa shape index (κ3) is 4.30. The standard InChI is InChI=1S/C26H23F2N5O3/c1-14-18(5-3-9-29-14)22-12-17(13-23(33(22)26(34)35)19-6-4-10-30-15(19)2)24-31-25(36-32-24)16-7-8-20(27)21(28)11-16/h3-11,17,22-23H,12-13H2,1-2H3,(H,34,35). The van der Waals surface area contributed by atoms with Gasteiger partial charge in [0.25, 0.3) is 5.89 Å². The Morgan fingerprint density at radius 2 is 1.58 bits per heavy atom. The molecular formula is C26H23F2N5O3. The second-order valence-electron chi connectivity index (χ2n) is 8.83. The predicted octanol–water partition coefficient (Wildman–Crippen LogP) is 5.76. The highest BCUT2D eigenvalue weighted by Gasteiger charge is 2.43. The van der Waals surface area contributed by atoms with Crippen LogP contribution in [0, 0.1) is 25.5 Å². The van der Waals surface area contributed by atoms with E-state index in [1.54, 1.807) is 24.5 Å². The first-order chi connectivity index (χ1) is 17.3. The Labute approximate surface area is 205 Å². The Bertz CT molecular complexity index is 1370. The molecular weight excluding hydrogens is 468 g/mol. The number of carboxylic acid groups (broad SMARTS) is 1. The summed E-state index contributed by atoms with van der Waals surface area (Å²) in [6.45, 7) is 3.69. The van der Waals surface area contributed by atoms with Gasteiger partial charge < -0.3 is 9.63 Å². The lowest BCUT2D eigenvalue weighted by Crippen LogP contribution is -2.43. The number of likely N-dealkylation sites (tertiary alicyclic amines) is 1. The minimum absolute atomic E-state index is 0.0628. The summed E-state index contributed by atoms with van der Waals surface area (Å²) in [5.41, 5.74) is 3.30. The largest absolute Gasteiger partial charge is 0.465 e. The van der Waals surface area contributed by atoms with Crippen molar-refractivity contribution >= 4 is 6.09 Å². The Morgan fingerprint density at radius 3 is 2.11 bits per heavy atom. The van der Waals surface area contributed by atoms with E-state index in [2.05, 4.69) is 20.1 Å². The molecule has 0 aliphatic carbocycles. The minimum atomic E-state index is -1.05. The fourth-order valence-corrected chi connectivity index (χ4v) is 4.96. The summed E-state index contributed by atoms with van der Waals surface area (Å²) in [6.07, 6.45) is 3.07. The summed E-state index contributed by atoms with van der Waals surface area (Å²) in [7, 11) is 0. The summed E-state index contributed by atoms with van der Waals surface area (Å²) in [5, 5.41) is 14.5. The predicted molar refractivity (Wildman–Crippen MR) is 125 cm³/mol. The molecule has 1 aromatic carbocycles. The van der Waals surface area contributed by atoms with Crippen molar-refractivity contribution in [2.24, 2.45) is 0 Å². The van der Waals surface area contributed by atoms with Gasteiger partial charge in [0, 0.05) is 35.3 Å². The Balaban J connectivity index is 1.58. The number of nitrogens with zero attached hydrogens (tertiary/aromatic N) is 5. The number of hydrogen-bond acceptors (Lipinski definition) is 6. The van der Waals surface area contributed by atoms with Crippen LogP contribution >= 0.6 is 0 Å². The summed E-state index contributed by atoms with van der Waals surface area (Å²) < 4.78 is 32.5. The van der Waals surface area contributed by atoms with E-state index in [0.717, 1.165) is 34.6 Å². The van der Waals surface area contributed by atoms with Crippen LogP contribution in [-0.2, 0) is 0 Å². The zero-order valence-corrected chi connectivity index (χ0v) is 19.6. The number of aryl methyl sites for hydroxylation is 2. The van der Waals surface area contributed by atoms with Gasteiger partial charge in [-0.3, -0.25) is 14.9 Å². The first-order valence-corrected chi connectivity index (χ1v) is 11.5. The highest BCUT2D eigenvalue weighted by molar-refractivity contribution is 5.67. The van der Waals surface area contributed by atoms with Crippen molar-refractivity contribution in [3.05, 3.63) is 94.8 Å². The highest BCUT2D eigenvalue weighted by atomic mass is 19.2. The molecule has 1 aliphatic heterocycles. The molecule has 1 aliphatic rings. The third-order valence-electron chi connectivity index (χ3n) is 6.70. The molecule has 5 rings (SSSR count). The molecule has 1 N–H and O–H groups in total. The molecule has 0 radical (unpaired) electrons. The number of carbonyl (C=O) groups is 1. The number of hydrogen-bond donors (Lipinski definition) is 1. The van der Waals surface area contributed by atoms with Crippen molar-refractivity contribution in [3.63, 3.8) is 0 Å². The lowest BCUT2D eigenvalue weighted by atomic mass is 9.80. The number of benzene rings is 1. The molecule has 4 heterocycles. The SMILES string of the molecule is Cc1ncccc1C1CC(c2noc(-c3ccc(F)c(F)c3)n2)CC(c2cccnc2C)N1C(=O)O. The van der Waals surface area contributed by atoms with Crippen LogP contribution in [0.25, 0.3) is 11.5 Å². The summed E-state index contributed by atoms with van der Waals surface area (Å²) >= 11 is 0. The molecule has 8 nitrogen and oxygen atoms in total. The van der Waals surface area contributed by atoms with Gasteiger partial charge in [0.1, 0.15) is 0 Å². The second kappa shape index (κ2) is 9.44. The van der Waals surface area contributed by atoms with E-state index in [4.69, 9.17) is 4.52 Å². The van der Waals surface area contributed by atoms with Crippen LogP contribution in [0.15, 0.2) is 59.4 Å². The molecule has 1 amide bonds. The summed E-state index contributed by atoms with van der Waals surface area (Å²) in [5.74, 6) is -1.83. The molecule has 0 spiro atoms. The molecule has 36 heavy (non-hydrogen) atoms. The van der Waals surface area contributed by atoms with Gasteiger partial charge in [-0.25, -0.2) is 13.6 Å². The monoisotopic (exact) mass is 491 g/mol. The molecule has 184 valence electrons. The van der Waals surface area contributed by atoms with E-state index in [1.165, 1.54) is 11.0 Å². The molecule has 1 fully saturated rings. The number of halogens is 2. The third-order valence-corrected chi connectivity index (χ3v) is 6.70. The smallest absolute Gasteiger partial charge is 0.408 e. The molecule has 1 saturated heterocycles. The lowest BCUT2D eigenvalue weighted by molar-refractivity contribution is 0.0605. The van der Waals surface area contributed by atoms with E-state index < -0.39 is 29.8 Å². The van der Waals surface area contributed by atoms with Crippen molar-refractivity contribution in [1.82, 2.24) is 25.0 Å². The number of rotatable bonds is 4. The van der Waals surface area contributed by atoms with Crippen molar-refractivity contribution in [3.8, 4) is 11.5 Å². The number of piperidine rings is 1. The van der Waals surface area contributed by atoms with Crippen molar-refractivity contribution < 1.29 is 23.2 Å². The van der Waals surface area contributed by atoms with E-state index in [1.807, 2.05) is 26.0 Å². The van der Waals surface area contributed by atoms with Gasteiger partial charge in [0.05, 0.1) is 12.1 Å². The van der Waals surface area contributed by atoms with E-state index in [0.29, 0.717) is 18.7 Å². The minimum Gasteiger partial charge on any atom is -0.465 e. The van der Waals surface area contributed by atoms with Crippen LogP contribution in [0.5, 0.6) is 0 Å². The molecule has 10 heteroatoms. The van der Waals surface area contributed by atoms with E-state index >= 15 is 0 Å². The Hall–Kier alpha value is -4.21.